The first-order valence-electron chi connectivity index (χ1n) is 6.89. The molecule has 0 bridgehead atoms. The first kappa shape index (κ1) is 13.9. The van der Waals surface area contributed by atoms with E-state index in [1.807, 2.05) is 6.07 Å². The average molecular weight is 267 g/mol. The molecule has 0 spiro atoms. The molecule has 0 radical (unpaired) electrons. The lowest BCUT2D eigenvalue weighted by atomic mass is 9.94. The molecule has 1 aliphatic carbocycles. The van der Waals surface area contributed by atoms with Gasteiger partial charge in [-0.05, 0) is 37.0 Å². The summed E-state index contributed by atoms with van der Waals surface area (Å²) >= 11 is 1.68. The number of nitrogens with two attached hydrogens (primary N) is 1. The minimum absolute atomic E-state index is 0.164. The van der Waals surface area contributed by atoms with Crippen LogP contribution in [0.15, 0.2) is 29.2 Å². The zero-order chi connectivity index (χ0) is 12.8. The lowest BCUT2D eigenvalue weighted by Gasteiger charge is -2.21. The van der Waals surface area contributed by atoms with E-state index in [9.17, 15) is 4.39 Å². The number of hydrogen-bond donors (Lipinski definition) is 1. The van der Waals surface area contributed by atoms with Crippen molar-refractivity contribution in [2.75, 3.05) is 5.75 Å². The highest BCUT2D eigenvalue weighted by Crippen LogP contribution is 2.28. The Kier molecular flexibility index (Phi) is 5.51. The molecule has 0 saturated heterocycles. The Morgan fingerprint density at radius 2 is 1.94 bits per heavy atom. The third-order valence-corrected chi connectivity index (χ3v) is 4.88. The van der Waals surface area contributed by atoms with Crippen molar-refractivity contribution >= 4 is 11.8 Å². The van der Waals surface area contributed by atoms with Gasteiger partial charge in [0.15, 0.2) is 0 Å². The molecule has 3 heteroatoms. The topological polar surface area (TPSA) is 26.0 Å². The van der Waals surface area contributed by atoms with Gasteiger partial charge in [-0.25, -0.2) is 4.39 Å². The summed E-state index contributed by atoms with van der Waals surface area (Å²) in [5, 5.41) is 0. The van der Waals surface area contributed by atoms with Crippen molar-refractivity contribution in [1.82, 2.24) is 0 Å². The zero-order valence-corrected chi connectivity index (χ0v) is 11.6. The second kappa shape index (κ2) is 7.15. The fourth-order valence-corrected chi connectivity index (χ4v) is 3.65. The van der Waals surface area contributed by atoms with Crippen LogP contribution < -0.4 is 5.73 Å². The summed E-state index contributed by atoms with van der Waals surface area (Å²) in [5.74, 6) is 1.39. The molecule has 1 aromatic carbocycles. The van der Waals surface area contributed by atoms with Gasteiger partial charge in [-0.2, -0.15) is 0 Å². The van der Waals surface area contributed by atoms with Crippen LogP contribution in [0.1, 0.15) is 38.5 Å². The Hall–Kier alpha value is -0.540. The third-order valence-electron chi connectivity index (χ3n) is 3.74. The number of rotatable bonds is 4. The highest BCUT2D eigenvalue weighted by Gasteiger charge is 2.19. The average Bonchev–Trinajstić information content (AvgIpc) is 2.65. The molecule has 1 fully saturated rings. The maximum Gasteiger partial charge on any atom is 0.124 e. The number of benzene rings is 1. The summed E-state index contributed by atoms with van der Waals surface area (Å²) in [7, 11) is 0. The van der Waals surface area contributed by atoms with Gasteiger partial charge in [0.2, 0.25) is 0 Å². The molecule has 1 nitrogen and oxygen atoms in total. The molecule has 2 rings (SSSR count). The van der Waals surface area contributed by atoms with Gasteiger partial charge in [-0.1, -0.05) is 31.7 Å². The fraction of sp³-hybridized carbons (Fsp3) is 0.600. The van der Waals surface area contributed by atoms with Crippen LogP contribution in [0.3, 0.4) is 0 Å². The Bertz CT molecular complexity index is 361. The van der Waals surface area contributed by atoms with Crippen LogP contribution in [0, 0.1) is 11.7 Å². The van der Waals surface area contributed by atoms with Crippen molar-refractivity contribution in [3.05, 3.63) is 30.1 Å². The van der Waals surface area contributed by atoms with Gasteiger partial charge < -0.3 is 5.73 Å². The van der Waals surface area contributed by atoms with Gasteiger partial charge in [0.05, 0.1) is 0 Å². The van der Waals surface area contributed by atoms with E-state index in [0.29, 0.717) is 5.92 Å². The van der Waals surface area contributed by atoms with Gasteiger partial charge >= 0.3 is 0 Å². The summed E-state index contributed by atoms with van der Waals surface area (Å²) in [5.41, 5.74) is 6.29. The highest BCUT2D eigenvalue weighted by molar-refractivity contribution is 7.99. The Labute approximate surface area is 113 Å². The zero-order valence-electron chi connectivity index (χ0n) is 10.8. The van der Waals surface area contributed by atoms with Crippen molar-refractivity contribution in [2.45, 2.75) is 49.5 Å². The normalized spacial score (nSPS) is 19.4. The molecule has 0 heterocycles. The number of thioether (sulfide) groups is 1. The van der Waals surface area contributed by atoms with E-state index >= 15 is 0 Å². The molecule has 1 saturated carbocycles. The minimum Gasteiger partial charge on any atom is -0.327 e. The Morgan fingerprint density at radius 3 is 2.61 bits per heavy atom. The summed E-state index contributed by atoms with van der Waals surface area (Å²) in [6.07, 6.45) is 7.91. The van der Waals surface area contributed by atoms with Crippen molar-refractivity contribution in [3.63, 3.8) is 0 Å². The highest BCUT2D eigenvalue weighted by atomic mass is 32.2. The molecule has 0 amide bonds. The van der Waals surface area contributed by atoms with E-state index < -0.39 is 0 Å². The summed E-state index contributed by atoms with van der Waals surface area (Å²) in [4.78, 5) is 0.985. The molecule has 0 aliphatic heterocycles. The van der Waals surface area contributed by atoms with Crippen molar-refractivity contribution in [2.24, 2.45) is 11.7 Å². The van der Waals surface area contributed by atoms with Gasteiger partial charge in [0, 0.05) is 16.7 Å². The van der Waals surface area contributed by atoms with E-state index in [1.165, 1.54) is 44.6 Å². The molecule has 1 aromatic rings. The van der Waals surface area contributed by atoms with E-state index in [0.717, 1.165) is 10.6 Å². The molecule has 0 aromatic heterocycles. The minimum atomic E-state index is -0.164. The summed E-state index contributed by atoms with van der Waals surface area (Å²) in [6.45, 7) is 0. The number of hydrogen-bond acceptors (Lipinski definition) is 2. The van der Waals surface area contributed by atoms with Crippen LogP contribution >= 0.6 is 11.8 Å². The van der Waals surface area contributed by atoms with Crippen LogP contribution in [0.4, 0.5) is 4.39 Å². The predicted molar refractivity (Wildman–Crippen MR) is 76.3 cm³/mol. The fourth-order valence-electron chi connectivity index (χ4n) is 2.62. The maximum atomic E-state index is 13.1. The van der Waals surface area contributed by atoms with Crippen LogP contribution in [-0.4, -0.2) is 11.8 Å². The summed E-state index contributed by atoms with van der Waals surface area (Å²) in [6, 6.07) is 7.03. The first-order valence-corrected chi connectivity index (χ1v) is 7.88. The Morgan fingerprint density at radius 1 is 1.22 bits per heavy atom. The van der Waals surface area contributed by atoms with Crippen LogP contribution in [-0.2, 0) is 0 Å². The molecule has 18 heavy (non-hydrogen) atoms. The summed E-state index contributed by atoms with van der Waals surface area (Å²) < 4.78 is 13.1. The monoisotopic (exact) mass is 267 g/mol. The van der Waals surface area contributed by atoms with Crippen molar-refractivity contribution in [3.8, 4) is 0 Å². The van der Waals surface area contributed by atoms with E-state index in [-0.39, 0.29) is 11.9 Å². The molecular formula is C15H22FNS. The quantitative estimate of drug-likeness (QED) is 0.653. The molecular weight excluding hydrogens is 245 g/mol. The van der Waals surface area contributed by atoms with Crippen LogP contribution in [0.2, 0.25) is 0 Å². The lowest BCUT2D eigenvalue weighted by Crippen LogP contribution is -2.32. The molecule has 100 valence electrons. The molecule has 1 aliphatic rings. The van der Waals surface area contributed by atoms with Gasteiger partial charge in [0.25, 0.3) is 0 Å². The van der Waals surface area contributed by atoms with Crippen molar-refractivity contribution < 1.29 is 4.39 Å². The van der Waals surface area contributed by atoms with E-state index in [4.69, 9.17) is 5.73 Å². The van der Waals surface area contributed by atoms with Gasteiger partial charge in [-0.15, -0.1) is 11.8 Å². The lowest BCUT2D eigenvalue weighted by molar-refractivity contribution is 0.397. The SMILES string of the molecule is NC(CSc1cccc(F)c1)C1CCCCCC1. The first-order chi connectivity index (χ1) is 8.75. The van der Waals surface area contributed by atoms with Gasteiger partial charge in [0.1, 0.15) is 5.82 Å². The van der Waals surface area contributed by atoms with Crippen LogP contribution in [0.5, 0.6) is 0 Å². The smallest absolute Gasteiger partial charge is 0.124 e. The van der Waals surface area contributed by atoms with Crippen LogP contribution in [0.25, 0.3) is 0 Å². The third kappa shape index (κ3) is 4.29. The van der Waals surface area contributed by atoms with Crippen molar-refractivity contribution in [1.29, 1.82) is 0 Å². The molecule has 1 unspecified atom stereocenters. The largest absolute Gasteiger partial charge is 0.327 e. The number of halogens is 1. The predicted octanol–water partition coefficient (Wildman–Crippen LogP) is 4.22. The van der Waals surface area contributed by atoms with E-state index in [2.05, 4.69) is 0 Å². The molecule has 2 N–H and O–H groups in total. The second-order valence-electron chi connectivity index (χ2n) is 5.18. The van der Waals surface area contributed by atoms with Gasteiger partial charge in [-0.3, -0.25) is 0 Å². The maximum absolute atomic E-state index is 13.1. The van der Waals surface area contributed by atoms with E-state index in [1.54, 1.807) is 23.9 Å². The molecule has 1 atom stereocenters. The second-order valence-corrected chi connectivity index (χ2v) is 6.28. The standard InChI is InChI=1S/C15H22FNS/c16-13-8-5-9-14(10-13)18-11-15(17)12-6-3-1-2-4-7-12/h5,8-10,12,15H,1-4,6-7,11,17H2. The Balaban J connectivity index is 1.81.